The predicted octanol–water partition coefficient (Wildman–Crippen LogP) is 0.603. The van der Waals surface area contributed by atoms with Gasteiger partial charge in [0.25, 0.3) is 17.4 Å². The first-order valence-corrected chi connectivity index (χ1v) is 4.20. The van der Waals surface area contributed by atoms with Crippen molar-refractivity contribution >= 4 is 0 Å². The summed E-state index contributed by atoms with van der Waals surface area (Å²) in [4.78, 5) is 29.1. The number of nitro groups is 3. The minimum atomic E-state index is -1.44. The van der Waals surface area contributed by atoms with E-state index in [1.807, 2.05) is 0 Å². The van der Waals surface area contributed by atoms with Crippen LogP contribution in [0, 0.1) is 36.3 Å². The summed E-state index contributed by atoms with van der Waals surface area (Å²) in [6.07, 6.45) is 1.57. The Bertz CT molecular complexity index is 426. The molecule has 16 heavy (non-hydrogen) atoms. The molecule has 0 bridgehead atoms. The molecule has 0 saturated heterocycles. The van der Waals surface area contributed by atoms with Gasteiger partial charge >= 0.3 is 0 Å². The molecule has 1 aliphatic carbocycles. The van der Waals surface area contributed by atoms with Gasteiger partial charge in [-0.2, -0.15) is 0 Å². The summed E-state index contributed by atoms with van der Waals surface area (Å²) in [7, 11) is 0. The van der Waals surface area contributed by atoms with Crippen LogP contribution in [0.4, 0.5) is 0 Å². The first-order chi connectivity index (χ1) is 7.34. The molecule has 0 radical (unpaired) electrons. The second-order valence-corrected chi connectivity index (χ2v) is 3.24. The van der Waals surface area contributed by atoms with Gasteiger partial charge in [0, 0.05) is 4.92 Å². The van der Waals surface area contributed by atoms with E-state index >= 15 is 0 Å². The quantitative estimate of drug-likeness (QED) is 0.514. The van der Waals surface area contributed by atoms with Gasteiger partial charge < -0.3 is 0 Å². The Balaban J connectivity index is 3.22. The molecule has 0 aromatic heterocycles. The van der Waals surface area contributed by atoms with Crippen molar-refractivity contribution in [1.29, 1.82) is 0 Å². The molecule has 0 heterocycles. The van der Waals surface area contributed by atoms with Crippen LogP contribution in [-0.2, 0) is 0 Å². The highest BCUT2D eigenvalue weighted by molar-refractivity contribution is 5.23. The average molecular weight is 229 g/mol. The largest absolute Gasteiger partial charge is 0.278 e. The van der Waals surface area contributed by atoms with Crippen LogP contribution in [0.25, 0.3) is 0 Å². The normalized spacial score (nSPS) is 24.3. The molecule has 2 atom stereocenters. The molecule has 9 nitrogen and oxygen atoms in total. The minimum Gasteiger partial charge on any atom is -0.264 e. The Kier molecular flexibility index (Phi) is 2.97. The van der Waals surface area contributed by atoms with E-state index in [2.05, 4.69) is 0 Å². The van der Waals surface area contributed by atoms with Crippen LogP contribution in [0.15, 0.2) is 23.5 Å². The molecular weight excluding hydrogens is 222 g/mol. The van der Waals surface area contributed by atoms with Crippen LogP contribution in [0.5, 0.6) is 0 Å². The van der Waals surface area contributed by atoms with E-state index in [1.165, 1.54) is 6.92 Å². The van der Waals surface area contributed by atoms with Crippen molar-refractivity contribution in [2.24, 2.45) is 5.92 Å². The molecule has 0 N–H and O–H groups in total. The maximum atomic E-state index is 10.6. The zero-order chi connectivity index (χ0) is 12.5. The maximum absolute atomic E-state index is 10.6. The fourth-order valence-corrected chi connectivity index (χ4v) is 1.40. The fraction of sp³-hybridized carbons (Fsp3) is 0.429. The molecule has 86 valence electrons. The van der Waals surface area contributed by atoms with E-state index < -0.39 is 38.1 Å². The second kappa shape index (κ2) is 4.04. The van der Waals surface area contributed by atoms with Crippen LogP contribution in [0.3, 0.4) is 0 Å². The Hall–Kier alpha value is -2.32. The molecule has 1 rings (SSSR count). The Morgan fingerprint density at radius 3 is 2.06 bits per heavy atom. The summed E-state index contributed by atoms with van der Waals surface area (Å²) in [5.74, 6) is -0.992. The third-order valence-corrected chi connectivity index (χ3v) is 2.28. The number of nitrogens with zero attached hydrogens (tertiary/aromatic N) is 3. The third-order valence-electron chi connectivity index (χ3n) is 2.28. The highest BCUT2D eigenvalue weighted by Crippen LogP contribution is 2.26. The Labute approximate surface area is 88.5 Å². The van der Waals surface area contributed by atoms with Crippen molar-refractivity contribution in [3.63, 3.8) is 0 Å². The topological polar surface area (TPSA) is 129 Å². The molecule has 0 amide bonds. The van der Waals surface area contributed by atoms with Gasteiger partial charge in [-0.05, 0) is 6.92 Å². The van der Waals surface area contributed by atoms with Crippen molar-refractivity contribution in [2.75, 3.05) is 0 Å². The lowest BCUT2D eigenvalue weighted by molar-refractivity contribution is -0.531. The van der Waals surface area contributed by atoms with E-state index in [4.69, 9.17) is 0 Å². The lowest BCUT2D eigenvalue weighted by atomic mass is 9.93. The Morgan fingerprint density at radius 1 is 1.12 bits per heavy atom. The number of hydrogen-bond acceptors (Lipinski definition) is 6. The van der Waals surface area contributed by atoms with Crippen LogP contribution in [0.2, 0.25) is 0 Å². The van der Waals surface area contributed by atoms with E-state index in [1.54, 1.807) is 0 Å². The Morgan fingerprint density at radius 2 is 1.69 bits per heavy atom. The molecular formula is C7H7N3O6. The molecule has 0 aliphatic heterocycles. The molecule has 1 aliphatic rings. The summed E-state index contributed by atoms with van der Waals surface area (Å²) in [5, 5.41) is 31.6. The maximum Gasteiger partial charge on any atom is 0.278 e. The number of allylic oxidation sites excluding steroid dienone is 1. The highest BCUT2D eigenvalue weighted by Gasteiger charge is 2.41. The summed E-state index contributed by atoms with van der Waals surface area (Å²) in [6.45, 7) is 1.29. The van der Waals surface area contributed by atoms with Gasteiger partial charge in [-0.15, -0.1) is 0 Å². The first kappa shape index (κ1) is 11.8. The van der Waals surface area contributed by atoms with Crippen molar-refractivity contribution < 1.29 is 14.8 Å². The SMILES string of the molecule is CC1C([N+](=O)[O-])=CC([N+](=O)[O-])=CC1[N+](=O)[O-]. The standard InChI is InChI=1S/C7H7N3O6/c1-4-6(9(13)14)2-5(8(11)12)3-7(4)10(15)16/h2-4,6H,1H3. The van der Waals surface area contributed by atoms with Crippen molar-refractivity contribution in [3.8, 4) is 0 Å². The molecule has 2 unspecified atom stereocenters. The third kappa shape index (κ3) is 2.02. The highest BCUT2D eigenvalue weighted by atomic mass is 16.6. The van der Waals surface area contributed by atoms with E-state index in [0.29, 0.717) is 0 Å². The molecule has 0 fully saturated rings. The average Bonchev–Trinajstić information content (AvgIpc) is 2.16. The zero-order valence-electron chi connectivity index (χ0n) is 8.10. The van der Waals surface area contributed by atoms with Crippen LogP contribution in [0.1, 0.15) is 6.92 Å². The lowest BCUT2D eigenvalue weighted by Gasteiger charge is -2.14. The van der Waals surface area contributed by atoms with E-state index in [0.717, 1.165) is 12.2 Å². The minimum absolute atomic E-state index is 0.518. The van der Waals surface area contributed by atoms with E-state index in [9.17, 15) is 30.3 Å². The van der Waals surface area contributed by atoms with Crippen molar-refractivity contribution in [1.82, 2.24) is 0 Å². The van der Waals surface area contributed by atoms with E-state index in [-0.39, 0.29) is 0 Å². The van der Waals surface area contributed by atoms with Gasteiger partial charge in [0.1, 0.15) is 5.92 Å². The molecule has 0 spiro atoms. The first-order valence-electron chi connectivity index (χ1n) is 4.20. The monoisotopic (exact) mass is 229 g/mol. The van der Waals surface area contributed by atoms with Crippen molar-refractivity contribution in [2.45, 2.75) is 13.0 Å². The van der Waals surface area contributed by atoms with Gasteiger partial charge in [0.15, 0.2) is 0 Å². The van der Waals surface area contributed by atoms with Gasteiger partial charge in [0.2, 0.25) is 0 Å². The summed E-state index contributed by atoms with van der Waals surface area (Å²) in [5.41, 5.74) is -1.14. The van der Waals surface area contributed by atoms with Gasteiger partial charge in [-0.3, -0.25) is 30.3 Å². The predicted molar refractivity (Wildman–Crippen MR) is 50.1 cm³/mol. The summed E-state index contributed by atoms with van der Waals surface area (Å²) < 4.78 is 0. The smallest absolute Gasteiger partial charge is 0.264 e. The fourth-order valence-electron chi connectivity index (χ4n) is 1.40. The van der Waals surface area contributed by atoms with Gasteiger partial charge in [-0.1, -0.05) is 0 Å². The summed E-state index contributed by atoms with van der Waals surface area (Å²) >= 11 is 0. The van der Waals surface area contributed by atoms with Gasteiger partial charge in [0.05, 0.1) is 22.0 Å². The van der Waals surface area contributed by atoms with Crippen molar-refractivity contribution in [3.05, 3.63) is 53.9 Å². The molecule has 0 aromatic carbocycles. The molecule has 9 heteroatoms. The number of rotatable bonds is 3. The molecule has 0 saturated carbocycles. The van der Waals surface area contributed by atoms with Gasteiger partial charge in [-0.25, -0.2) is 0 Å². The number of hydrogen-bond donors (Lipinski definition) is 0. The second-order valence-electron chi connectivity index (χ2n) is 3.24. The lowest BCUT2D eigenvalue weighted by Crippen LogP contribution is -2.32. The molecule has 0 aromatic rings. The van der Waals surface area contributed by atoms with Crippen LogP contribution < -0.4 is 0 Å². The van der Waals surface area contributed by atoms with Crippen LogP contribution >= 0.6 is 0 Å². The van der Waals surface area contributed by atoms with Crippen LogP contribution in [-0.4, -0.2) is 20.8 Å². The summed E-state index contributed by atoms with van der Waals surface area (Å²) in [6, 6.07) is -1.44. The zero-order valence-corrected chi connectivity index (χ0v) is 8.10.